The van der Waals surface area contributed by atoms with Crippen LogP contribution in [0.25, 0.3) is 0 Å². The fourth-order valence-corrected chi connectivity index (χ4v) is 2.32. The summed E-state index contributed by atoms with van der Waals surface area (Å²) in [6.07, 6.45) is 1.86. The standard InChI is InChI=1S/C13H17BrO2/c1-4-5-11(14)13(15)10-6-7-12(16-3)9(2)8-10/h6-8,11H,4-5H2,1-3H3. The van der Waals surface area contributed by atoms with Crippen LogP contribution in [0.3, 0.4) is 0 Å². The normalized spacial score (nSPS) is 12.2. The van der Waals surface area contributed by atoms with Crippen LogP contribution in [0.4, 0.5) is 0 Å². The predicted octanol–water partition coefficient (Wildman–Crippen LogP) is 3.75. The molecule has 0 heterocycles. The lowest BCUT2D eigenvalue weighted by molar-refractivity contribution is 0.0988. The summed E-state index contributed by atoms with van der Waals surface area (Å²) >= 11 is 3.42. The Morgan fingerprint density at radius 3 is 2.69 bits per heavy atom. The van der Waals surface area contributed by atoms with Gasteiger partial charge in [0.2, 0.25) is 0 Å². The molecule has 0 saturated heterocycles. The first kappa shape index (κ1) is 13.2. The number of halogens is 1. The second kappa shape index (κ2) is 6.04. The molecule has 1 unspecified atom stereocenters. The highest BCUT2D eigenvalue weighted by molar-refractivity contribution is 9.10. The van der Waals surface area contributed by atoms with Gasteiger partial charge in [-0.15, -0.1) is 0 Å². The van der Waals surface area contributed by atoms with E-state index >= 15 is 0 Å². The van der Waals surface area contributed by atoms with Gasteiger partial charge in [-0.2, -0.15) is 0 Å². The van der Waals surface area contributed by atoms with Gasteiger partial charge in [0.05, 0.1) is 11.9 Å². The van der Waals surface area contributed by atoms with Gasteiger partial charge < -0.3 is 4.74 Å². The Hall–Kier alpha value is -0.830. The average molecular weight is 285 g/mol. The maximum absolute atomic E-state index is 12.0. The third-order valence-electron chi connectivity index (χ3n) is 2.51. The molecule has 0 aliphatic carbocycles. The van der Waals surface area contributed by atoms with Crippen LogP contribution in [-0.4, -0.2) is 17.7 Å². The van der Waals surface area contributed by atoms with E-state index in [1.54, 1.807) is 7.11 Å². The molecule has 0 aliphatic rings. The zero-order valence-corrected chi connectivity index (χ0v) is 11.5. The first-order valence-corrected chi connectivity index (χ1v) is 6.34. The van der Waals surface area contributed by atoms with Crippen molar-refractivity contribution >= 4 is 21.7 Å². The van der Waals surface area contributed by atoms with Crippen molar-refractivity contribution in [2.75, 3.05) is 7.11 Å². The Balaban J connectivity index is 2.88. The van der Waals surface area contributed by atoms with E-state index in [1.807, 2.05) is 25.1 Å². The molecule has 0 fully saturated rings. The minimum Gasteiger partial charge on any atom is -0.496 e. The van der Waals surface area contributed by atoms with Gasteiger partial charge in [-0.3, -0.25) is 4.79 Å². The molecule has 1 rings (SSSR count). The van der Waals surface area contributed by atoms with Crippen molar-refractivity contribution in [1.29, 1.82) is 0 Å². The molecule has 0 spiro atoms. The van der Waals surface area contributed by atoms with Crippen LogP contribution >= 0.6 is 15.9 Å². The molecule has 2 nitrogen and oxygen atoms in total. The second-order valence-corrected chi connectivity index (χ2v) is 4.91. The summed E-state index contributed by atoms with van der Waals surface area (Å²) in [4.78, 5) is 11.9. The number of benzene rings is 1. The lowest BCUT2D eigenvalue weighted by Gasteiger charge is -2.10. The molecule has 1 aromatic rings. The highest BCUT2D eigenvalue weighted by Crippen LogP contribution is 2.21. The summed E-state index contributed by atoms with van der Waals surface area (Å²) in [6.45, 7) is 4.01. The van der Waals surface area contributed by atoms with Crippen molar-refractivity contribution < 1.29 is 9.53 Å². The first-order valence-electron chi connectivity index (χ1n) is 5.43. The summed E-state index contributed by atoms with van der Waals surface area (Å²) in [5.41, 5.74) is 1.73. The van der Waals surface area contributed by atoms with Gasteiger partial charge in [0.15, 0.2) is 5.78 Å². The second-order valence-electron chi connectivity index (χ2n) is 3.80. The zero-order valence-electron chi connectivity index (χ0n) is 9.92. The molecule has 0 bridgehead atoms. The number of ketones is 1. The highest BCUT2D eigenvalue weighted by atomic mass is 79.9. The number of carbonyl (C=O) groups is 1. The largest absolute Gasteiger partial charge is 0.496 e. The van der Waals surface area contributed by atoms with Crippen molar-refractivity contribution in [3.8, 4) is 5.75 Å². The number of methoxy groups -OCH3 is 1. The summed E-state index contributed by atoms with van der Waals surface area (Å²) < 4.78 is 5.16. The van der Waals surface area contributed by atoms with Gasteiger partial charge >= 0.3 is 0 Å². The third kappa shape index (κ3) is 3.08. The number of hydrogen-bond donors (Lipinski definition) is 0. The van der Waals surface area contributed by atoms with E-state index in [2.05, 4.69) is 22.9 Å². The van der Waals surface area contributed by atoms with E-state index in [1.165, 1.54) is 0 Å². The molecular formula is C13H17BrO2. The summed E-state index contributed by atoms with van der Waals surface area (Å²) in [5, 5.41) is 0. The van der Waals surface area contributed by atoms with Gasteiger partial charge in [0, 0.05) is 5.56 Å². The Morgan fingerprint density at radius 1 is 1.50 bits per heavy atom. The molecular weight excluding hydrogens is 268 g/mol. The van der Waals surface area contributed by atoms with Gasteiger partial charge in [0.25, 0.3) is 0 Å². The van der Waals surface area contributed by atoms with Crippen molar-refractivity contribution in [2.24, 2.45) is 0 Å². The fourth-order valence-electron chi connectivity index (χ4n) is 1.60. The van der Waals surface area contributed by atoms with E-state index in [9.17, 15) is 4.79 Å². The van der Waals surface area contributed by atoms with Crippen LogP contribution in [0.5, 0.6) is 5.75 Å². The molecule has 88 valence electrons. The summed E-state index contributed by atoms with van der Waals surface area (Å²) in [7, 11) is 1.63. The Bertz CT molecular complexity index is 374. The van der Waals surface area contributed by atoms with Crippen LogP contribution in [0, 0.1) is 6.92 Å². The molecule has 0 radical (unpaired) electrons. The minimum absolute atomic E-state index is 0.0784. The average Bonchev–Trinajstić information content (AvgIpc) is 2.28. The Kier molecular flexibility index (Phi) is 5.00. The molecule has 3 heteroatoms. The van der Waals surface area contributed by atoms with E-state index in [-0.39, 0.29) is 10.6 Å². The van der Waals surface area contributed by atoms with E-state index in [0.29, 0.717) is 0 Å². The van der Waals surface area contributed by atoms with Crippen molar-refractivity contribution in [2.45, 2.75) is 31.5 Å². The maximum atomic E-state index is 12.0. The maximum Gasteiger partial charge on any atom is 0.176 e. The molecule has 0 N–H and O–H groups in total. The molecule has 0 saturated carbocycles. The number of ether oxygens (including phenoxy) is 1. The number of hydrogen-bond acceptors (Lipinski definition) is 2. The molecule has 1 aromatic carbocycles. The van der Waals surface area contributed by atoms with Crippen LogP contribution < -0.4 is 4.74 Å². The van der Waals surface area contributed by atoms with Gasteiger partial charge in [-0.1, -0.05) is 29.3 Å². The van der Waals surface area contributed by atoms with E-state index in [0.717, 1.165) is 29.7 Å². The molecule has 0 aliphatic heterocycles. The quantitative estimate of drug-likeness (QED) is 0.608. The molecule has 0 amide bonds. The van der Waals surface area contributed by atoms with Gasteiger partial charge in [-0.05, 0) is 37.1 Å². The molecule has 1 atom stereocenters. The highest BCUT2D eigenvalue weighted by Gasteiger charge is 2.16. The first-order chi connectivity index (χ1) is 7.60. The number of aryl methyl sites for hydroxylation is 1. The molecule has 0 aromatic heterocycles. The number of rotatable bonds is 5. The van der Waals surface area contributed by atoms with Crippen molar-refractivity contribution in [1.82, 2.24) is 0 Å². The Morgan fingerprint density at radius 2 is 2.19 bits per heavy atom. The van der Waals surface area contributed by atoms with Gasteiger partial charge in [0.1, 0.15) is 5.75 Å². The summed E-state index contributed by atoms with van der Waals surface area (Å²) in [5.74, 6) is 0.964. The summed E-state index contributed by atoms with van der Waals surface area (Å²) in [6, 6.07) is 5.54. The lowest BCUT2D eigenvalue weighted by Crippen LogP contribution is -2.14. The van der Waals surface area contributed by atoms with Crippen LogP contribution in [0.15, 0.2) is 18.2 Å². The third-order valence-corrected chi connectivity index (χ3v) is 3.38. The molecule has 16 heavy (non-hydrogen) atoms. The predicted molar refractivity (Wildman–Crippen MR) is 69.7 cm³/mol. The smallest absolute Gasteiger partial charge is 0.176 e. The van der Waals surface area contributed by atoms with Crippen molar-refractivity contribution in [3.63, 3.8) is 0 Å². The Labute approximate surface area is 105 Å². The topological polar surface area (TPSA) is 26.3 Å². The fraction of sp³-hybridized carbons (Fsp3) is 0.462. The minimum atomic E-state index is -0.0784. The SMILES string of the molecule is CCCC(Br)C(=O)c1ccc(OC)c(C)c1. The number of alkyl halides is 1. The van der Waals surface area contributed by atoms with Gasteiger partial charge in [-0.25, -0.2) is 0 Å². The van der Waals surface area contributed by atoms with E-state index in [4.69, 9.17) is 4.74 Å². The van der Waals surface area contributed by atoms with Crippen LogP contribution in [0.2, 0.25) is 0 Å². The lowest BCUT2D eigenvalue weighted by atomic mass is 10.0. The van der Waals surface area contributed by atoms with Crippen LogP contribution in [0.1, 0.15) is 35.7 Å². The van der Waals surface area contributed by atoms with E-state index < -0.39 is 0 Å². The zero-order chi connectivity index (χ0) is 12.1. The van der Waals surface area contributed by atoms with Crippen molar-refractivity contribution in [3.05, 3.63) is 29.3 Å². The number of carbonyl (C=O) groups excluding carboxylic acids is 1. The monoisotopic (exact) mass is 284 g/mol. The van der Waals surface area contributed by atoms with Crippen LogP contribution in [-0.2, 0) is 0 Å². The number of Topliss-reactive ketones (excluding diaryl/α,β-unsaturated/α-hetero) is 1.